The van der Waals surface area contributed by atoms with Crippen molar-refractivity contribution in [2.24, 2.45) is 5.92 Å². The van der Waals surface area contributed by atoms with Gasteiger partial charge >= 0.3 is 11.9 Å². The molecule has 0 saturated heterocycles. The predicted octanol–water partition coefficient (Wildman–Crippen LogP) is 2.75. The first-order valence-electron chi connectivity index (χ1n) is 9.74. The molecule has 2 atom stereocenters. The maximum absolute atomic E-state index is 12.7. The summed E-state index contributed by atoms with van der Waals surface area (Å²) in [6, 6.07) is 14.8. The standard InChI is InChI=1S/C23H27NO6/c1-16(8-13-21(26)29-2)22(27)24-20(14-17-9-11-19(25)12-10-17)23(28)30-15-18-6-4-3-5-7-18/h3-7,9-12,16,20,25H,8,13-15H2,1-2H3,(H,24,27)/t16?,20-/m0/s1. The van der Waals surface area contributed by atoms with Crippen LogP contribution in [-0.2, 0) is 36.9 Å². The average Bonchev–Trinajstić information content (AvgIpc) is 2.77. The highest BCUT2D eigenvalue weighted by atomic mass is 16.5. The number of amides is 1. The number of phenols is 1. The minimum atomic E-state index is -0.897. The number of aromatic hydroxyl groups is 1. The lowest BCUT2D eigenvalue weighted by molar-refractivity contribution is -0.149. The largest absolute Gasteiger partial charge is 0.508 e. The summed E-state index contributed by atoms with van der Waals surface area (Å²) in [6.45, 7) is 1.78. The molecular weight excluding hydrogens is 386 g/mol. The molecule has 2 aromatic carbocycles. The van der Waals surface area contributed by atoms with Crippen LogP contribution in [0.3, 0.4) is 0 Å². The molecule has 0 bridgehead atoms. The number of carbonyl (C=O) groups excluding carboxylic acids is 3. The van der Waals surface area contributed by atoms with E-state index < -0.39 is 23.9 Å². The van der Waals surface area contributed by atoms with Gasteiger partial charge in [0, 0.05) is 18.8 Å². The van der Waals surface area contributed by atoms with Crippen LogP contribution < -0.4 is 5.32 Å². The van der Waals surface area contributed by atoms with Gasteiger partial charge < -0.3 is 19.9 Å². The first-order valence-corrected chi connectivity index (χ1v) is 9.74. The van der Waals surface area contributed by atoms with Crippen molar-refractivity contribution in [1.29, 1.82) is 0 Å². The van der Waals surface area contributed by atoms with Gasteiger partial charge in [0.05, 0.1) is 7.11 Å². The number of hydrogen-bond donors (Lipinski definition) is 2. The van der Waals surface area contributed by atoms with E-state index >= 15 is 0 Å². The second-order valence-electron chi connectivity index (χ2n) is 7.04. The Kier molecular flexibility index (Phi) is 8.87. The number of rotatable bonds is 10. The van der Waals surface area contributed by atoms with Crippen molar-refractivity contribution in [2.75, 3.05) is 7.11 Å². The summed E-state index contributed by atoms with van der Waals surface area (Å²) in [5, 5.41) is 12.2. The smallest absolute Gasteiger partial charge is 0.329 e. The van der Waals surface area contributed by atoms with Gasteiger partial charge in [0.15, 0.2) is 0 Å². The number of ether oxygens (including phenoxy) is 2. The molecular formula is C23H27NO6. The molecule has 2 N–H and O–H groups in total. The average molecular weight is 413 g/mol. The molecule has 160 valence electrons. The van der Waals surface area contributed by atoms with Crippen LogP contribution in [0.4, 0.5) is 0 Å². The Morgan fingerprint density at radius 2 is 1.67 bits per heavy atom. The lowest BCUT2D eigenvalue weighted by atomic mass is 10.0. The molecule has 2 aromatic rings. The highest BCUT2D eigenvalue weighted by Gasteiger charge is 2.25. The third-order valence-corrected chi connectivity index (χ3v) is 4.66. The van der Waals surface area contributed by atoms with E-state index in [9.17, 15) is 19.5 Å². The molecule has 0 spiro atoms. The fraction of sp³-hybridized carbons (Fsp3) is 0.348. The zero-order valence-corrected chi connectivity index (χ0v) is 17.2. The summed E-state index contributed by atoms with van der Waals surface area (Å²) in [7, 11) is 1.30. The Morgan fingerprint density at radius 3 is 2.30 bits per heavy atom. The topological polar surface area (TPSA) is 102 Å². The van der Waals surface area contributed by atoms with E-state index in [-0.39, 0.29) is 31.1 Å². The molecule has 7 nitrogen and oxygen atoms in total. The number of esters is 2. The van der Waals surface area contributed by atoms with Crippen molar-refractivity contribution in [3.05, 3.63) is 65.7 Å². The van der Waals surface area contributed by atoms with Crippen molar-refractivity contribution in [2.45, 2.75) is 38.8 Å². The van der Waals surface area contributed by atoms with E-state index in [0.29, 0.717) is 6.42 Å². The molecule has 30 heavy (non-hydrogen) atoms. The van der Waals surface area contributed by atoms with Crippen molar-refractivity contribution in [1.82, 2.24) is 5.32 Å². The van der Waals surface area contributed by atoms with Gasteiger partial charge in [-0.15, -0.1) is 0 Å². The molecule has 0 aliphatic carbocycles. The van der Waals surface area contributed by atoms with Crippen molar-refractivity contribution >= 4 is 17.8 Å². The summed E-state index contributed by atoms with van der Waals surface area (Å²) in [5.74, 6) is -1.66. The third kappa shape index (κ3) is 7.58. The molecule has 0 saturated carbocycles. The second-order valence-corrected chi connectivity index (χ2v) is 7.04. The van der Waals surface area contributed by atoms with Gasteiger partial charge in [0.1, 0.15) is 18.4 Å². The first-order chi connectivity index (χ1) is 14.4. The molecule has 0 aliphatic rings. The molecule has 1 amide bonds. The van der Waals surface area contributed by atoms with E-state index in [1.165, 1.54) is 19.2 Å². The zero-order valence-electron chi connectivity index (χ0n) is 17.2. The molecule has 1 unspecified atom stereocenters. The molecule has 0 aliphatic heterocycles. The van der Waals surface area contributed by atoms with E-state index in [1.54, 1.807) is 19.1 Å². The van der Waals surface area contributed by atoms with Crippen molar-refractivity contribution in [3.8, 4) is 5.75 Å². The van der Waals surface area contributed by atoms with Crippen LogP contribution in [0.1, 0.15) is 30.9 Å². The van der Waals surface area contributed by atoms with Gasteiger partial charge in [-0.1, -0.05) is 49.4 Å². The van der Waals surface area contributed by atoms with E-state index in [0.717, 1.165) is 11.1 Å². The van der Waals surface area contributed by atoms with Crippen LogP contribution in [0.25, 0.3) is 0 Å². The maximum Gasteiger partial charge on any atom is 0.329 e. The Bertz CT molecular complexity index is 835. The predicted molar refractivity (Wildman–Crippen MR) is 110 cm³/mol. The molecule has 0 aromatic heterocycles. The lowest BCUT2D eigenvalue weighted by Gasteiger charge is -2.20. The highest BCUT2D eigenvalue weighted by molar-refractivity contribution is 5.86. The quantitative estimate of drug-likeness (QED) is 0.581. The summed E-state index contributed by atoms with van der Waals surface area (Å²) in [4.78, 5) is 36.6. The van der Waals surface area contributed by atoms with E-state index in [4.69, 9.17) is 4.74 Å². The van der Waals surface area contributed by atoms with E-state index in [1.807, 2.05) is 30.3 Å². The lowest BCUT2D eigenvalue weighted by Crippen LogP contribution is -2.45. The summed E-state index contributed by atoms with van der Waals surface area (Å²) in [5.41, 5.74) is 1.60. The highest BCUT2D eigenvalue weighted by Crippen LogP contribution is 2.14. The molecule has 2 rings (SSSR count). The Morgan fingerprint density at radius 1 is 1.00 bits per heavy atom. The monoisotopic (exact) mass is 413 g/mol. The number of carbonyl (C=O) groups is 3. The van der Waals surface area contributed by atoms with Gasteiger partial charge in [-0.2, -0.15) is 0 Å². The summed E-state index contributed by atoms with van der Waals surface area (Å²) < 4.78 is 10.0. The number of methoxy groups -OCH3 is 1. The van der Waals surface area contributed by atoms with Crippen LogP contribution in [0.5, 0.6) is 5.75 Å². The van der Waals surface area contributed by atoms with Gasteiger partial charge in [0.2, 0.25) is 5.91 Å². The zero-order chi connectivity index (χ0) is 21.9. The van der Waals surface area contributed by atoms with Crippen LogP contribution >= 0.6 is 0 Å². The van der Waals surface area contributed by atoms with E-state index in [2.05, 4.69) is 10.1 Å². The normalized spacial score (nSPS) is 12.5. The first kappa shape index (κ1) is 22.9. The molecule has 7 heteroatoms. The van der Waals surface area contributed by atoms with Crippen molar-refractivity contribution in [3.63, 3.8) is 0 Å². The third-order valence-electron chi connectivity index (χ3n) is 4.66. The van der Waals surface area contributed by atoms with Gasteiger partial charge in [-0.25, -0.2) is 4.79 Å². The molecule has 0 fully saturated rings. The minimum Gasteiger partial charge on any atom is -0.508 e. The van der Waals surface area contributed by atoms with Crippen LogP contribution in [-0.4, -0.2) is 36.1 Å². The number of phenolic OH excluding ortho intramolecular Hbond substituents is 1. The minimum absolute atomic E-state index is 0.0967. The fourth-order valence-electron chi connectivity index (χ4n) is 2.77. The summed E-state index contributed by atoms with van der Waals surface area (Å²) >= 11 is 0. The Hall–Kier alpha value is -3.35. The molecule has 0 heterocycles. The maximum atomic E-state index is 12.7. The van der Waals surface area contributed by atoms with Crippen LogP contribution in [0.15, 0.2) is 54.6 Å². The fourth-order valence-corrected chi connectivity index (χ4v) is 2.77. The van der Waals surface area contributed by atoms with Crippen LogP contribution in [0.2, 0.25) is 0 Å². The number of nitrogens with one attached hydrogen (secondary N) is 1. The van der Waals surface area contributed by atoms with Gasteiger partial charge in [-0.05, 0) is 29.7 Å². The second kappa shape index (κ2) is 11.6. The van der Waals surface area contributed by atoms with Crippen molar-refractivity contribution < 1.29 is 29.0 Å². The SMILES string of the molecule is COC(=O)CCC(C)C(=O)N[C@@H](Cc1ccc(O)cc1)C(=O)OCc1ccccc1. The Balaban J connectivity index is 2.03. The molecule has 0 radical (unpaired) electrons. The van der Waals surface area contributed by atoms with Gasteiger partial charge in [0.25, 0.3) is 0 Å². The summed E-state index contributed by atoms with van der Waals surface area (Å²) in [6.07, 6.45) is 0.638. The van der Waals surface area contributed by atoms with Crippen LogP contribution in [0, 0.1) is 5.92 Å². The number of benzene rings is 2. The van der Waals surface area contributed by atoms with Gasteiger partial charge in [-0.3, -0.25) is 9.59 Å². The number of hydrogen-bond acceptors (Lipinski definition) is 6. The Labute approximate surface area is 176 Å².